The molecule has 1 aliphatic rings. The van der Waals surface area contributed by atoms with E-state index in [9.17, 15) is 9.90 Å². The molecule has 2 atom stereocenters. The lowest BCUT2D eigenvalue weighted by molar-refractivity contribution is -0.144. The molecule has 122 valence electrons. The van der Waals surface area contributed by atoms with Crippen molar-refractivity contribution in [3.05, 3.63) is 35.9 Å². The molecule has 0 aromatic heterocycles. The summed E-state index contributed by atoms with van der Waals surface area (Å²) in [6.07, 6.45) is -0.682. The molecular weight excluding hydrogens is 282 g/mol. The molecule has 0 aliphatic carbocycles. The maximum absolute atomic E-state index is 12.1. The summed E-state index contributed by atoms with van der Waals surface area (Å²) in [4.78, 5) is 13.7. The highest BCUT2D eigenvalue weighted by Gasteiger charge is 2.45. The van der Waals surface area contributed by atoms with E-state index in [1.165, 1.54) is 4.90 Å². The standard InChI is InChI=1S/C17H25NO4/c1-16(2,3)22-15(20)18-11-10-17(21-4,14(19)12-18)13-8-6-5-7-9-13/h5-9,14,19H,10-12H2,1-4H3/t14-,17-/m0/s1. The van der Waals surface area contributed by atoms with Crippen LogP contribution in [0.2, 0.25) is 0 Å². The van der Waals surface area contributed by atoms with Crippen LogP contribution in [-0.4, -0.2) is 48.0 Å². The Labute approximate surface area is 131 Å². The Morgan fingerprint density at radius 2 is 1.95 bits per heavy atom. The smallest absolute Gasteiger partial charge is 0.410 e. The van der Waals surface area contributed by atoms with Crippen molar-refractivity contribution in [2.24, 2.45) is 0 Å². The number of benzene rings is 1. The van der Waals surface area contributed by atoms with Gasteiger partial charge in [0.25, 0.3) is 0 Å². The predicted molar refractivity (Wildman–Crippen MR) is 83.6 cm³/mol. The second kappa shape index (κ2) is 6.26. The first kappa shape index (κ1) is 16.8. The van der Waals surface area contributed by atoms with Gasteiger partial charge in [-0.15, -0.1) is 0 Å². The third-order valence-corrected chi connectivity index (χ3v) is 3.96. The van der Waals surface area contributed by atoms with Crippen LogP contribution in [0.4, 0.5) is 4.79 Å². The number of rotatable bonds is 2. The Bertz CT molecular complexity index is 511. The number of β-amino-alcohol motifs (C(OH)–C–C–N with tert-alkyl or cyclic N) is 1. The van der Waals surface area contributed by atoms with Gasteiger partial charge in [0, 0.05) is 20.1 Å². The fourth-order valence-electron chi connectivity index (χ4n) is 2.82. The second-order valence-corrected chi connectivity index (χ2v) is 6.65. The van der Waals surface area contributed by atoms with E-state index in [0.29, 0.717) is 13.0 Å². The molecule has 22 heavy (non-hydrogen) atoms. The van der Waals surface area contributed by atoms with E-state index in [-0.39, 0.29) is 6.54 Å². The van der Waals surface area contributed by atoms with Crippen LogP contribution in [0.15, 0.2) is 30.3 Å². The van der Waals surface area contributed by atoms with Gasteiger partial charge in [0.05, 0.1) is 6.54 Å². The molecule has 0 bridgehead atoms. The van der Waals surface area contributed by atoms with Crippen LogP contribution in [-0.2, 0) is 15.1 Å². The first-order chi connectivity index (χ1) is 10.3. The van der Waals surface area contributed by atoms with Crippen molar-refractivity contribution < 1.29 is 19.4 Å². The van der Waals surface area contributed by atoms with E-state index in [1.807, 2.05) is 51.1 Å². The number of hydrogen-bond acceptors (Lipinski definition) is 4. The molecule has 1 aromatic rings. The summed E-state index contributed by atoms with van der Waals surface area (Å²) in [5.74, 6) is 0. The van der Waals surface area contributed by atoms with Gasteiger partial charge < -0.3 is 19.5 Å². The van der Waals surface area contributed by atoms with Crippen molar-refractivity contribution in [1.82, 2.24) is 4.90 Å². The Hall–Kier alpha value is -1.59. The number of aliphatic hydroxyl groups is 1. The number of hydrogen-bond donors (Lipinski definition) is 1. The van der Waals surface area contributed by atoms with Crippen LogP contribution in [0.1, 0.15) is 32.8 Å². The average Bonchev–Trinajstić information content (AvgIpc) is 2.46. The fourth-order valence-corrected chi connectivity index (χ4v) is 2.82. The van der Waals surface area contributed by atoms with Crippen LogP contribution in [0.25, 0.3) is 0 Å². The molecule has 1 heterocycles. The van der Waals surface area contributed by atoms with Crippen LogP contribution in [0, 0.1) is 0 Å². The molecule has 0 saturated carbocycles. The number of methoxy groups -OCH3 is 1. The first-order valence-corrected chi connectivity index (χ1v) is 7.55. The van der Waals surface area contributed by atoms with Gasteiger partial charge in [0.15, 0.2) is 0 Å². The fraction of sp³-hybridized carbons (Fsp3) is 0.588. The third-order valence-electron chi connectivity index (χ3n) is 3.96. The molecule has 0 spiro atoms. The lowest BCUT2D eigenvalue weighted by Gasteiger charge is -2.44. The van der Waals surface area contributed by atoms with Crippen molar-refractivity contribution in [3.63, 3.8) is 0 Å². The quantitative estimate of drug-likeness (QED) is 0.912. The molecule has 2 rings (SSSR count). The monoisotopic (exact) mass is 307 g/mol. The first-order valence-electron chi connectivity index (χ1n) is 7.55. The average molecular weight is 307 g/mol. The van der Waals surface area contributed by atoms with Gasteiger partial charge >= 0.3 is 6.09 Å². The summed E-state index contributed by atoms with van der Waals surface area (Å²) in [5.41, 5.74) is -0.398. The zero-order valence-corrected chi connectivity index (χ0v) is 13.7. The number of carbonyl (C=O) groups is 1. The Kier molecular flexibility index (Phi) is 4.78. The number of likely N-dealkylation sites (tertiary alicyclic amines) is 1. The van der Waals surface area contributed by atoms with Gasteiger partial charge in [-0.05, 0) is 26.3 Å². The molecule has 0 radical (unpaired) electrons. The molecule has 1 aliphatic heterocycles. The molecule has 1 amide bonds. The summed E-state index contributed by atoms with van der Waals surface area (Å²) < 4.78 is 11.0. The molecule has 1 aromatic carbocycles. The van der Waals surface area contributed by atoms with E-state index < -0.39 is 23.4 Å². The highest BCUT2D eigenvalue weighted by molar-refractivity contribution is 5.68. The third kappa shape index (κ3) is 3.42. The Morgan fingerprint density at radius 1 is 1.32 bits per heavy atom. The van der Waals surface area contributed by atoms with Crippen molar-refractivity contribution in [2.75, 3.05) is 20.2 Å². The molecule has 5 nitrogen and oxygen atoms in total. The minimum Gasteiger partial charge on any atom is -0.444 e. The van der Waals surface area contributed by atoms with Gasteiger partial charge in [-0.3, -0.25) is 0 Å². The highest BCUT2D eigenvalue weighted by Crippen LogP contribution is 2.36. The lowest BCUT2D eigenvalue weighted by atomic mass is 9.82. The van der Waals surface area contributed by atoms with Crippen LogP contribution in [0.3, 0.4) is 0 Å². The number of nitrogens with zero attached hydrogens (tertiary/aromatic N) is 1. The lowest BCUT2D eigenvalue weighted by Crippen LogP contribution is -2.56. The topological polar surface area (TPSA) is 59.0 Å². The van der Waals surface area contributed by atoms with Gasteiger partial charge in [-0.25, -0.2) is 4.79 Å². The number of aliphatic hydroxyl groups excluding tert-OH is 1. The normalized spacial score (nSPS) is 25.9. The summed E-state index contributed by atoms with van der Waals surface area (Å²) >= 11 is 0. The molecule has 1 saturated heterocycles. The molecular formula is C17H25NO4. The van der Waals surface area contributed by atoms with Crippen LogP contribution < -0.4 is 0 Å². The summed E-state index contributed by atoms with van der Waals surface area (Å²) in [5, 5.41) is 10.6. The van der Waals surface area contributed by atoms with E-state index in [4.69, 9.17) is 9.47 Å². The molecule has 0 unspecified atom stereocenters. The van der Waals surface area contributed by atoms with E-state index in [1.54, 1.807) is 7.11 Å². The highest BCUT2D eigenvalue weighted by atomic mass is 16.6. The van der Waals surface area contributed by atoms with Crippen molar-refractivity contribution >= 4 is 6.09 Å². The van der Waals surface area contributed by atoms with Gasteiger partial charge in [-0.1, -0.05) is 30.3 Å². The Balaban J connectivity index is 2.13. The van der Waals surface area contributed by atoms with E-state index in [0.717, 1.165) is 5.56 Å². The predicted octanol–water partition coefficient (Wildman–Crippen LogP) is 2.53. The minimum atomic E-state index is -0.804. The zero-order chi connectivity index (χ0) is 16.4. The van der Waals surface area contributed by atoms with Crippen LogP contribution >= 0.6 is 0 Å². The summed E-state index contributed by atoms with van der Waals surface area (Å²) in [6.45, 7) is 6.16. The molecule has 1 N–H and O–H groups in total. The van der Waals surface area contributed by atoms with Crippen molar-refractivity contribution in [2.45, 2.75) is 44.5 Å². The Morgan fingerprint density at radius 3 is 2.45 bits per heavy atom. The van der Waals surface area contributed by atoms with Crippen molar-refractivity contribution in [1.29, 1.82) is 0 Å². The summed E-state index contributed by atoms with van der Waals surface area (Å²) in [6, 6.07) is 9.65. The number of piperidine rings is 1. The zero-order valence-electron chi connectivity index (χ0n) is 13.7. The number of carbonyl (C=O) groups excluding carboxylic acids is 1. The van der Waals surface area contributed by atoms with Gasteiger partial charge in [-0.2, -0.15) is 0 Å². The largest absolute Gasteiger partial charge is 0.444 e. The molecule has 1 fully saturated rings. The van der Waals surface area contributed by atoms with Crippen LogP contribution in [0.5, 0.6) is 0 Å². The van der Waals surface area contributed by atoms with Gasteiger partial charge in [0.2, 0.25) is 0 Å². The van der Waals surface area contributed by atoms with E-state index in [2.05, 4.69) is 0 Å². The molecule has 5 heteroatoms. The number of ether oxygens (including phenoxy) is 2. The minimum absolute atomic E-state index is 0.192. The second-order valence-electron chi connectivity index (χ2n) is 6.65. The van der Waals surface area contributed by atoms with Gasteiger partial charge in [0.1, 0.15) is 17.3 Å². The summed E-state index contributed by atoms with van der Waals surface area (Å²) in [7, 11) is 1.60. The maximum Gasteiger partial charge on any atom is 0.410 e. The SMILES string of the molecule is CO[C@]1(c2ccccc2)CCN(C(=O)OC(C)(C)C)C[C@@H]1O. The van der Waals surface area contributed by atoms with E-state index >= 15 is 0 Å². The maximum atomic E-state index is 12.1. The van der Waals surface area contributed by atoms with Crippen molar-refractivity contribution in [3.8, 4) is 0 Å². The number of amides is 1.